The Morgan fingerprint density at radius 2 is 2.26 bits per heavy atom. The van der Waals surface area contributed by atoms with Crippen molar-refractivity contribution in [1.82, 2.24) is 5.32 Å². The van der Waals surface area contributed by atoms with Crippen molar-refractivity contribution >= 4 is 29.0 Å². The molecule has 0 saturated heterocycles. The first kappa shape index (κ1) is 15.2. The van der Waals surface area contributed by atoms with Crippen LogP contribution in [0.25, 0.3) is 0 Å². The molecule has 3 N–H and O–H groups in total. The standard InChI is InChI=1S/C11H14ClN3O4/c1-7(4-5-16)13-11(17)14-10-3-2-8(15(18)19)6-9(10)12/h2-3,6-7,16H,4-5H2,1H3,(H2,13,14,17)/t7-/m1/s1. The third-order valence-electron chi connectivity index (χ3n) is 2.35. The highest BCUT2D eigenvalue weighted by Crippen LogP contribution is 2.26. The summed E-state index contributed by atoms with van der Waals surface area (Å²) in [5, 5.41) is 24.4. The van der Waals surface area contributed by atoms with Crippen LogP contribution >= 0.6 is 11.6 Å². The van der Waals surface area contributed by atoms with E-state index in [-0.39, 0.29) is 29.0 Å². The number of amides is 2. The number of carbonyl (C=O) groups is 1. The molecule has 0 unspecified atom stereocenters. The Labute approximate surface area is 114 Å². The van der Waals surface area contributed by atoms with Crippen LogP contribution in [0.4, 0.5) is 16.2 Å². The van der Waals surface area contributed by atoms with Crippen molar-refractivity contribution in [1.29, 1.82) is 0 Å². The first-order valence-electron chi connectivity index (χ1n) is 5.56. The summed E-state index contributed by atoms with van der Waals surface area (Å²) < 4.78 is 0. The molecule has 1 aromatic rings. The van der Waals surface area contributed by atoms with E-state index in [1.807, 2.05) is 0 Å². The molecule has 0 bridgehead atoms. The van der Waals surface area contributed by atoms with Crippen LogP contribution < -0.4 is 10.6 Å². The van der Waals surface area contributed by atoms with E-state index in [1.165, 1.54) is 12.1 Å². The second kappa shape index (κ2) is 6.91. The minimum absolute atomic E-state index is 0.0280. The van der Waals surface area contributed by atoms with Gasteiger partial charge in [0.25, 0.3) is 5.69 Å². The zero-order valence-corrected chi connectivity index (χ0v) is 11.0. The monoisotopic (exact) mass is 287 g/mol. The van der Waals surface area contributed by atoms with Gasteiger partial charge < -0.3 is 15.7 Å². The average Bonchev–Trinajstić information content (AvgIpc) is 2.31. The molecule has 0 aliphatic rings. The molecule has 1 rings (SSSR count). The van der Waals surface area contributed by atoms with E-state index in [1.54, 1.807) is 6.92 Å². The summed E-state index contributed by atoms with van der Waals surface area (Å²) in [5.41, 5.74) is 0.130. The highest BCUT2D eigenvalue weighted by molar-refractivity contribution is 6.33. The van der Waals surface area contributed by atoms with Crippen molar-refractivity contribution in [2.75, 3.05) is 11.9 Å². The van der Waals surface area contributed by atoms with Gasteiger partial charge in [-0.3, -0.25) is 10.1 Å². The molecule has 1 atom stereocenters. The predicted molar refractivity (Wildman–Crippen MR) is 71.4 cm³/mol. The van der Waals surface area contributed by atoms with E-state index < -0.39 is 11.0 Å². The largest absolute Gasteiger partial charge is 0.396 e. The number of hydrogen-bond acceptors (Lipinski definition) is 4. The first-order chi connectivity index (χ1) is 8.93. The Hall–Kier alpha value is -1.86. The Balaban J connectivity index is 2.67. The molecule has 0 aliphatic carbocycles. The van der Waals surface area contributed by atoms with E-state index in [4.69, 9.17) is 16.7 Å². The molecule has 0 aromatic heterocycles. The lowest BCUT2D eigenvalue weighted by Gasteiger charge is -2.13. The normalized spacial score (nSPS) is 11.7. The summed E-state index contributed by atoms with van der Waals surface area (Å²) in [6, 6.07) is 3.09. The molecule has 0 spiro atoms. The third-order valence-corrected chi connectivity index (χ3v) is 2.66. The molecule has 0 saturated carbocycles. The van der Waals surface area contributed by atoms with Gasteiger partial charge in [0, 0.05) is 24.8 Å². The van der Waals surface area contributed by atoms with Gasteiger partial charge >= 0.3 is 6.03 Å². The SMILES string of the molecule is C[C@H](CCO)NC(=O)Nc1ccc([N+](=O)[O-])cc1Cl. The molecule has 8 heteroatoms. The van der Waals surface area contributed by atoms with Crippen molar-refractivity contribution in [3.05, 3.63) is 33.3 Å². The van der Waals surface area contributed by atoms with Crippen LogP contribution in [0.5, 0.6) is 0 Å². The molecule has 1 aromatic carbocycles. The maximum Gasteiger partial charge on any atom is 0.319 e. The smallest absolute Gasteiger partial charge is 0.319 e. The van der Waals surface area contributed by atoms with Gasteiger partial charge in [0.15, 0.2) is 0 Å². The van der Waals surface area contributed by atoms with Gasteiger partial charge in [-0.1, -0.05) is 11.6 Å². The van der Waals surface area contributed by atoms with Gasteiger partial charge in [-0.05, 0) is 19.4 Å². The van der Waals surface area contributed by atoms with Gasteiger partial charge in [0.05, 0.1) is 15.6 Å². The topological polar surface area (TPSA) is 104 Å². The summed E-state index contributed by atoms with van der Waals surface area (Å²) in [7, 11) is 0. The van der Waals surface area contributed by atoms with Crippen LogP contribution in [0.1, 0.15) is 13.3 Å². The minimum atomic E-state index is -0.570. The summed E-state index contributed by atoms with van der Waals surface area (Å²) >= 11 is 5.83. The van der Waals surface area contributed by atoms with Crippen molar-refractivity contribution in [3.63, 3.8) is 0 Å². The lowest BCUT2D eigenvalue weighted by Crippen LogP contribution is -2.36. The highest BCUT2D eigenvalue weighted by Gasteiger charge is 2.12. The molecule has 2 amide bonds. The number of anilines is 1. The number of halogens is 1. The number of nitro benzene ring substituents is 1. The van der Waals surface area contributed by atoms with Crippen molar-refractivity contribution in [2.24, 2.45) is 0 Å². The van der Waals surface area contributed by atoms with E-state index in [0.29, 0.717) is 6.42 Å². The number of hydrogen-bond donors (Lipinski definition) is 3. The van der Waals surface area contributed by atoms with Crippen LogP contribution in [-0.2, 0) is 0 Å². The molecule has 0 heterocycles. The summed E-state index contributed by atoms with van der Waals surface area (Å²) in [5.74, 6) is 0. The number of nitro groups is 1. The molecule has 0 fully saturated rings. The number of aliphatic hydroxyl groups excluding tert-OH is 1. The van der Waals surface area contributed by atoms with E-state index in [0.717, 1.165) is 6.07 Å². The summed E-state index contributed by atoms with van der Waals surface area (Å²) in [6.45, 7) is 1.72. The van der Waals surface area contributed by atoms with Crippen LogP contribution in [0.15, 0.2) is 18.2 Å². The molecule has 104 valence electrons. The highest BCUT2D eigenvalue weighted by atomic mass is 35.5. The Morgan fingerprint density at radius 1 is 1.58 bits per heavy atom. The Morgan fingerprint density at radius 3 is 2.79 bits per heavy atom. The average molecular weight is 288 g/mol. The second-order valence-corrected chi connectivity index (χ2v) is 4.34. The molecule has 0 radical (unpaired) electrons. The van der Waals surface area contributed by atoms with Crippen LogP contribution in [-0.4, -0.2) is 28.7 Å². The molecule has 19 heavy (non-hydrogen) atoms. The molecular weight excluding hydrogens is 274 g/mol. The summed E-state index contributed by atoms with van der Waals surface area (Å²) in [6.07, 6.45) is 0.432. The fourth-order valence-corrected chi connectivity index (χ4v) is 1.59. The molecule has 7 nitrogen and oxygen atoms in total. The Kier molecular flexibility index (Phi) is 5.53. The van der Waals surface area contributed by atoms with Crippen LogP contribution in [0.3, 0.4) is 0 Å². The fourth-order valence-electron chi connectivity index (χ4n) is 1.37. The minimum Gasteiger partial charge on any atom is -0.396 e. The van der Waals surface area contributed by atoms with Crippen LogP contribution in [0, 0.1) is 10.1 Å². The van der Waals surface area contributed by atoms with Gasteiger partial charge in [-0.15, -0.1) is 0 Å². The zero-order chi connectivity index (χ0) is 14.4. The van der Waals surface area contributed by atoms with Crippen molar-refractivity contribution in [3.8, 4) is 0 Å². The van der Waals surface area contributed by atoms with Gasteiger partial charge in [0.1, 0.15) is 0 Å². The molecule has 0 aliphatic heterocycles. The van der Waals surface area contributed by atoms with Crippen molar-refractivity contribution < 1.29 is 14.8 Å². The fraction of sp³-hybridized carbons (Fsp3) is 0.364. The van der Waals surface area contributed by atoms with Gasteiger partial charge in [-0.2, -0.15) is 0 Å². The number of nitrogens with zero attached hydrogens (tertiary/aromatic N) is 1. The Bertz CT molecular complexity index is 481. The lowest BCUT2D eigenvalue weighted by molar-refractivity contribution is -0.384. The maximum atomic E-state index is 11.6. The number of carbonyl (C=O) groups excluding carboxylic acids is 1. The van der Waals surface area contributed by atoms with Gasteiger partial charge in [-0.25, -0.2) is 4.79 Å². The number of non-ortho nitro benzene ring substituents is 1. The first-order valence-corrected chi connectivity index (χ1v) is 5.94. The lowest BCUT2D eigenvalue weighted by atomic mass is 10.2. The number of urea groups is 1. The van der Waals surface area contributed by atoms with Crippen molar-refractivity contribution in [2.45, 2.75) is 19.4 Å². The third kappa shape index (κ3) is 4.72. The second-order valence-electron chi connectivity index (χ2n) is 3.93. The van der Waals surface area contributed by atoms with Crippen LogP contribution in [0.2, 0.25) is 5.02 Å². The van der Waals surface area contributed by atoms with Gasteiger partial charge in [0.2, 0.25) is 0 Å². The number of aliphatic hydroxyl groups is 1. The number of benzene rings is 1. The van der Waals surface area contributed by atoms with E-state index >= 15 is 0 Å². The quantitative estimate of drug-likeness (QED) is 0.570. The predicted octanol–water partition coefficient (Wildman–Crippen LogP) is 2.14. The van der Waals surface area contributed by atoms with E-state index in [2.05, 4.69) is 10.6 Å². The van der Waals surface area contributed by atoms with E-state index in [9.17, 15) is 14.9 Å². The maximum absolute atomic E-state index is 11.6. The summed E-state index contributed by atoms with van der Waals surface area (Å²) in [4.78, 5) is 21.5. The zero-order valence-electron chi connectivity index (χ0n) is 10.2. The number of nitrogens with one attached hydrogen (secondary N) is 2. The molecular formula is C11H14ClN3O4. The number of rotatable bonds is 5.